The van der Waals surface area contributed by atoms with Crippen molar-refractivity contribution in [3.63, 3.8) is 0 Å². The van der Waals surface area contributed by atoms with E-state index in [2.05, 4.69) is 29.0 Å². The van der Waals surface area contributed by atoms with Gasteiger partial charge in [-0.2, -0.15) is 0 Å². The molecule has 0 N–H and O–H groups in total. The third kappa shape index (κ3) is 6.82. The molecule has 0 saturated carbocycles. The molecule has 0 bridgehead atoms. The number of ether oxygens (including phenoxy) is 3. The first-order valence-corrected chi connectivity index (χ1v) is 13.6. The van der Waals surface area contributed by atoms with Gasteiger partial charge in [-0.1, -0.05) is 49.9 Å². The normalized spacial score (nSPS) is 18.7. The number of carbonyl (C=O) groups is 1. The van der Waals surface area contributed by atoms with E-state index in [0.29, 0.717) is 32.7 Å². The van der Waals surface area contributed by atoms with E-state index in [0.717, 1.165) is 27.6 Å². The number of rotatable bonds is 9. The van der Waals surface area contributed by atoms with Gasteiger partial charge in [-0.25, -0.2) is 9.18 Å². The summed E-state index contributed by atoms with van der Waals surface area (Å²) in [5.41, 5.74) is 1.38. The van der Waals surface area contributed by atoms with Crippen LogP contribution in [0.3, 0.4) is 0 Å². The van der Waals surface area contributed by atoms with Gasteiger partial charge in [0.1, 0.15) is 23.8 Å². The van der Waals surface area contributed by atoms with Gasteiger partial charge in [-0.15, -0.1) is 0 Å². The Kier molecular flexibility index (Phi) is 8.90. The second-order valence-corrected chi connectivity index (χ2v) is 11.2. The molecule has 0 aliphatic carbocycles. The van der Waals surface area contributed by atoms with E-state index in [1.807, 2.05) is 57.2 Å². The summed E-state index contributed by atoms with van der Waals surface area (Å²) in [6.07, 6.45) is 1.79. The molecule has 199 valence electrons. The summed E-state index contributed by atoms with van der Waals surface area (Å²) in [6.45, 7) is 11.2. The van der Waals surface area contributed by atoms with Crippen molar-refractivity contribution >= 4 is 27.1 Å². The average Bonchev–Trinajstić information content (AvgIpc) is 2.90. The fourth-order valence-corrected chi connectivity index (χ4v) is 4.59. The molecule has 3 atom stereocenters. The van der Waals surface area contributed by atoms with E-state index in [1.165, 1.54) is 12.1 Å². The van der Waals surface area contributed by atoms with Gasteiger partial charge in [-0.3, -0.25) is 0 Å². The third-order valence-electron chi connectivity index (χ3n) is 7.22. The molecule has 1 fully saturated rings. The topological polar surface area (TPSA) is 48.0 Å². The van der Waals surface area contributed by atoms with Crippen molar-refractivity contribution in [3.05, 3.63) is 90.3 Å². The molecule has 0 spiro atoms. The zero-order valence-electron chi connectivity index (χ0n) is 22.3. The molecule has 1 heterocycles. The summed E-state index contributed by atoms with van der Waals surface area (Å²) < 4.78 is 31.5. The van der Waals surface area contributed by atoms with Gasteiger partial charge < -0.3 is 19.1 Å². The quantitative estimate of drug-likeness (QED) is 0.224. The van der Waals surface area contributed by atoms with Gasteiger partial charge in [0.05, 0.1) is 19.3 Å². The van der Waals surface area contributed by atoms with Gasteiger partial charge in [0, 0.05) is 22.7 Å². The van der Waals surface area contributed by atoms with E-state index in [1.54, 1.807) is 11.0 Å². The highest BCUT2D eigenvalue weighted by atomic mass is 28.1. The SMILES string of the molecule is C=CCOc1ccc2cc(COC3CN(C(=O)OC(C)(C)C(C)[Si])CCC3c3ccc(F)cc3)ccc2c1. The number of nitrogens with zero attached hydrogens (tertiary/aromatic N) is 1. The van der Waals surface area contributed by atoms with E-state index in [9.17, 15) is 9.18 Å². The van der Waals surface area contributed by atoms with Crippen LogP contribution in [0, 0.1) is 5.82 Å². The summed E-state index contributed by atoms with van der Waals surface area (Å²) in [7, 11) is 3.58. The zero-order valence-corrected chi connectivity index (χ0v) is 23.3. The number of carbonyl (C=O) groups excluding carboxylic acids is 1. The first kappa shape index (κ1) is 27.9. The minimum atomic E-state index is -0.653. The van der Waals surface area contributed by atoms with Gasteiger partial charge in [-0.05, 0) is 78.0 Å². The summed E-state index contributed by atoms with van der Waals surface area (Å²) in [6, 6.07) is 18.8. The Labute approximate surface area is 228 Å². The Morgan fingerprint density at radius 3 is 2.58 bits per heavy atom. The van der Waals surface area contributed by atoms with Gasteiger partial charge in [0.25, 0.3) is 0 Å². The number of hydrogen-bond donors (Lipinski definition) is 0. The van der Waals surface area contributed by atoms with Gasteiger partial charge >= 0.3 is 6.09 Å². The molecular weight excluding hydrogens is 497 g/mol. The molecule has 4 rings (SSSR count). The number of hydrogen-bond acceptors (Lipinski definition) is 4. The molecule has 3 radical (unpaired) electrons. The lowest BCUT2D eigenvalue weighted by atomic mass is 9.87. The highest BCUT2D eigenvalue weighted by Crippen LogP contribution is 2.33. The molecule has 3 aromatic carbocycles. The van der Waals surface area contributed by atoms with Crippen molar-refractivity contribution in [2.45, 2.75) is 57.0 Å². The summed E-state index contributed by atoms with van der Waals surface area (Å²) in [4.78, 5) is 14.7. The minimum absolute atomic E-state index is 0.00668. The van der Waals surface area contributed by atoms with Gasteiger partial charge in [0.15, 0.2) is 0 Å². The van der Waals surface area contributed by atoms with Crippen LogP contribution < -0.4 is 4.74 Å². The van der Waals surface area contributed by atoms with Crippen LogP contribution in [-0.2, 0) is 16.1 Å². The standard InChI is InChI=1S/C31H35FNO4Si/c1-5-16-35-27-13-10-24-17-22(6-7-25(24)18-27)20-36-29-19-33(30(34)37-31(3,4)21(2)38)15-14-28(29)23-8-11-26(32)12-9-23/h5-13,17-18,21,28-29H,1,14-16,19-20H2,2-4H3. The Morgan fingerprint density at radius 2 is 1.87 bits per heavy atom. The first-order chi connectivity index (χ1) is 18.2. The van der Waals surface area contributed by atoms with Crippen LogP contribution in [0.15, 0.2) is 73.3 Å². The smallest absolute Gasteiger partial charge is 0.410 e. The van der Waals surface area contributed by atoms with Crippen LogP contribution in [0.2, 0.25) is 5.54 Å². The summed E-state index contributed by atoms with van der Waals surface area (Å²) in [5, 5.41) is 2.17. The average molecular weight is 533 g/mol. The van der Waals surface area contributed by atoms with Crippen molar-refractivity contribution in [1.29, 1.82) is 0 Å². The number of benzene rings is 3. The van der Waals surface area contributed by atoms with Crippen LogP contribution in [0.1, 0.15) is 44.2 Å². The maximum absolute atomic E-state index is 13.6. The van der Waals surface area contributed by atoms with Crippen LogP contribution in [0.5, 0.6) is 5.75 Å². The molecule has 3 aromatic rings. The molecule has 7 heteroatoms. The maximum atomic E-state index is 13.6. The summed E-state index contributed by atoms with van der Waals surface area (Å²) in [5.74, 6) is 0.565. The first-order valence-electron chi connectivity index (χ1n) is 13.0. The Hall–Kier alpha value is -3.16. The molecule has 1 saturated heterocycles. The van der Waals surface area contributed by atoms with Crippen molar-refractivity contribution in [2.24, 2.45) is 0 Å². The van der Waals surface area contributed by atoms with Crippen molar-refractivity contribution < 1.29 is 23.4 Å². The van der Waals surface area contributed by atoms with Gasteiger partial charge in [0.2, 0.25) is 0 Å². The highest BCUT2D eigenvalue weighted by molar-refractivity contribution is 6.12. The summed E-state index contributed by atoms with van der Waals surface area (Å²) >= 11 is 0. The number of halogens is 1. The van der Waals surface area contributed by atoms with Crippen LogP contribution >= 0.6 is 0 Å². The monoisotopic (exact) mass is 532 g/mol. The van der Waals surface area contributed by atoms with Crippen molar-refractivity contribution in [1.82, 2.24) is 4.90 Å². The number of amides is 1. The second kappa shape index (κ2) is 12.1. The molecule has 1 aliphatic heterocycles. The predicted molar refractivity (Wildman–Crippen MR) is 149 cm³/mol. The largest absolute Gasteiger partial charge is 0.490 e. The number of likely N-dealkylation sites (tertiary alicyclic amines) is 1. The molecule has 1 amide bonds. The minimum Gasteiger partial charge on any atom is -0.490 e. The zero-order chi connectivity index (χ0) is 27.3. The lowest BCUT2D eigenvalue weighted by molar-refractivity contribution is -0.0393. The van der Waals surface area contributed by atoms with E-state index in [-0.39, 0.29) is 29.5 Å². The lowest BCUT2D eigenvalue weighted by Crippen LogP contribution is -2.49. The predicted octanol–water partition coefficient (Wildman–Crippen LogP) is 6.81. The highest BCUT2D eigenvalue weighted by Gasteiger charge is 2.36. The number of fused-ring (bicyclic) bond motifs is 1. The molecule has 0 aromatic heterocycles. The lowest BCUT2D eigenvalue weighted by Gasteiger charge is -2.40. The molecule has 5 nitrogen and oxygen atoms in total. The fraction of sp³-hybridized carbons (Fsp3) is 0.387. The molecule has 38 heavy (non-hydrogen) atoms. The second-order valence-electron chi connectivity index (χ2n) is 10.4. The van der Waals surface area contributed by atoms with Crippen molar-refractivity contribution in [2.75, 3.05) is 19.7 Å². The van der Waals surface area contributed by atoms with E-state index >= 15 is 0 Å². The Balaban J connectivity index is 1.50. The van der Waals surface area contributed by atoms with Crippen LogP contribution in [0.4, 0.5) is 9.18 Å². The van der Waals surface area contributed by atoms with Crippen molar-refractivity contribution in [3.8, 4) is 5.75 Å². The molecular formula is C31H35FNO4Si. The fourth-order valence-electron chi connectivity index (χ4n) is 4.53. The third-order valence-corrected chi connectivity index (χ3v) is 7.91. The molecule has 1 aliphatic rings. The maximum Gasteiger partial charge on any atom is 0.410 e. The van der Waals surface area contributed by atoms with Crippen LogP contribution in [-0.4, -0.2) is 52.6 Å². The Morgan fingerprint density at radius 1 is 1.16 bits per heavy atom. The van der Waals surface area contributed by atoms with E-state index < -0.39 is 5.60 Å². The Bertz CT molecular complexity index is 1260. The van der Waals surface area contributed by atoms with Crippen LogP contribution in [0.25, 0.3) is 10.8 Å². The number of piperidine rings is 1. The van der Waals surface area contributed by atoms with E-state index in [4.69, 9.17) is 14.2 Å². The molecule has 3 unspecified atom stereocenters.